The van der Waals surface area contributed by atoms with Crippen molar-refractivity contribution in [1.82, 2.24) is 4.90 Å². The molecule has 1 aromatic carbocycles. The van der Waals surface area contributed by atoms with Gasteiger partial charge >= 0.3 is 0 Å². The quantitative estimate of drug-likeness (QED) is 0.802. The fourth-order valence-electron chi connectivity index (χ4n) is 2.54. The molecule has 1 aliphatic rings. The second-order valence-corrected chi connectivity index (χ2v) is 7.55. The summed E-state index contributed by atoms with van der Waals surface area (Å²) in [5.74, 6) is -0.375. The maximum Gasteiger partial charge on any atom is 0.261 e. The van der Waals surface area contributed by atoms with Crippen molar-refractivity contribution in [1.29, 1.82) is 0 Å². The molecule has 1 amide bonds. The topological polar surface area (TPSA) is 54.5 Å². The van der Waals surface area contributed by atoms with E-state index in [1.807, 2.05) is 0 Å². The normalized spacial score (nSPS) is 19.4. The van der Waals surface area contributed by atoms with Gasteiger partial charge in [-0.05, 0) is 42.5 Å². The van der Waals surface area contributed by atoms with Crippen molar-refractivity contribution in [3.05, 3.63) is 29.6 Å². The third kappa shape index (κ3) is 3.49. The first-order chi connectivity index (χ1) is 9.27. The van der Waals surface area contributed by atoms with Crippen LogP contribution in [-0.2, 0) is 20.3 Å². The molecule has 7 heteroatoms. The van der Waals surface area contributed by atoms with E-state index < -0.39 is 14.9 Å². The third-order valence-electron chi connectivity index (χ3n) is 3.52. The fraction of sp³-hybridized carbons (Fsp3) is 0.462. The highest BCUT2D eigenvalue weighted by Gasteiger charge is 2.26. The highest BCUT2D eigenvalue weighted by Crippen LogP contribution is 2.27. The summed E-state index contributed by atoms with van der Waals surface area (Å²) in [6.45, 7) is 2.71. The second kappa shape index (κ2) is 5.69. The van der Waals surface area contributed by atoms with Gasteiger partial charge in [-0.25, -0.2) is 12.8 Å². The summed E-state index contributed by atoms with van der Waals surface area (Å²) in [5.41, 5.74) is 0.371. The van der Waals surface area contributed by atoms with Crippen LogP contribution in [0.5, 0.6) is 0 Å². The van der Waals surface area contributed by atoms with Gasteiger partial charge in [-0.2, -0.15) is 0 Å². The van der Waals surface area contributed by atoms with Crippen molar-refractivity contribution in [2.24, 2.45) is 5.92 Å². The number of likely N-dealkylation sites (tertiary alicyclic amines) is 1. The molecule has 0 N–H and O–H groups in total. The van der Waals surface area contributed by atoms with Crippen LogP contribution in [0.4, 0.5) is 4.39 Å². The Morgan fingerprint density at radius 1 is 1.50 bits per heavy atom. The van der Waals surface area contributed by atoms with E-state index in [0.717, 1.165) is 12.5 Å². The molecule has 4 nitrogen and oxygen atoms in total. The summed E-state index contributed by atoms with van der Waals surface area (Å²) in [6.07, 6.45) is 1.17. The Balaban J connectivity index is 2.22. The van der Waals surface area contributed by atoms with Crippen molar-refractivity contribution in [2.75, 3.05) is 13.1 Å². The van der Waals surface area contributed by atoms with Crippen LogP contribution in [0.2, 0.25) is 0 Å². The lowest BCUT2D eigenvalue weighted by Crippen LogP contribution is -2.26. The largest absolute Gasteiger partial charge is 0.343 e. The van der Waals surface area contributed by atoms with E-state index in [0.29, 0.717) is 25.1 Å². The highest BCUT2D eigenvalue weighted by atomic mass is 35.7. The Hall–Kier alpha value is -1.14. The smallest absolute Gasteiger partial charge is 0.261 e. The molecule has 110 valence electrons. The van der Waals surface area contributed by atoms with Gasteiger partial charge in [0.25, 0.3) is 9.05 Å². The molecule has 0 radical (unpaired) electrons. The summed E-state index contributed by atoms with van der Waals surface area (Å²) in [7, 11) is 1.47. The fourth-order valence-corrected chi connectivity index (χ4v) is 3.68. The molecule has 0 bridgehead atoms. The van der Waals surface area contributed by atoms with Crippen LogP contribution in [0.25, 0.3) is 0 Å². The van der Waals surface area contributed by atoms with Crippen LogP contribution in [0.3, 0.4) is 0 Å². The lowest BCUT2D eigenvalue weighted by atomic mass is 9.98. The molecule has 1 atom stereocenters. The molecule has 0 saturated carbocycles. The van der Waals surface area contributed by atoms with Crippen molar-refractivity contribution >= 4 is 25.6 Å². The summed E-state index contributed by atoms with van der Waals surface area (Å²) < 4.78 is 36.3. The Kier molecular flexibility index (Phi) is 4.34. The molecule has 0 unspecified atom stereocenters. The minimum absolute atomic E-state index is 0.00284. The van der Waals surface area contributed by atoms with Crippen LogP contribution >= 0.6 is 10.7 Å². The zero-order valence-corrected chi connectivity index (χ0v) is 12.5. The summed E-state index contributed by atoms with van der Waals surface area (Å²) >= 11 is 0. The molecule has 2 rings (SSSR count). The minimum atomic E-state index is -3.90. The average Bonchev–Trinajstić information content (AvgIpc) is 2.76. The Morgan fingerprint density at radius 3 is 2.75 bits per heavy atom. The molecule has 0 spiro atoms. The van der Waals surface area contributed by atoms with Gasteiger partial charge in [0, 0.05) is 30.7 Å². The van der Waals surface area contributed by atoms with Crippen molar-refractivity contribution in [3.8, 4) is 0 Å². The Morgan fingerprint density at radius 2 is 2.20 bits per heavy atom. The van der Waals surface area contributed by atoms with Crippen LogP contribution in [-0.4, -0.2) is 32.3 Å². The summed E-state index contributed by atoms with van der Waals surface area (Å²) in [4.78, 5) is 12.9. The number of rotatable bonds is 3. The first-order valence-corrected chi connectivity index (χ1v) is 8.57. The Labute approximate surface area is 121 Å². The molecule has 1 saturated heterocycles. The zero-order chi connectivity index (χ0) is 14.9. The molecule has 1 aromatic rings. The lowest BCUT2D eigenvalue weighted by molar-refractivity contribution is -0.127. The molecular formula is C13H15ClFNO3S. The van der Waals surface area contributed by atoms with E-state index in [4.69, 9.17) is 10.7 Å². The molecule has 0 aromatic heterocycles. The molecule has 1 fully saturated rings. The van der Waals surface area contributed by atoms with Gasteiger partial charge in [0.15, 0.2) is 0 Å². The SMILES string of the molecule is CC(=O)N1CC[C@@H](Cc2cc(F)ccc2S(=O)(=O)Cl)C1. The van der Waals surface area contributed by atoms with Crippen LogP contribution in [0.1, 0.15) is 18.9 Å². The number of amides is 1. The summed E-state index contributed by atoms with van der Waals surface area (Å²) in [5, 5.41) is 0. The molecule has 1 heterocycles. The minimum Gasteiger partial charge on any atom is -0.343 e. The first-order valence-electron chi connectivity index (χ1n) is 6.26. The van der Waals surface area contributed by atoms with E-state index in [2.05, 4.69) is 0 Å². The van der Waals surface area contributed by atoms with Gasteiger partial charge in [0.2, 0.25) is 5.91 Å². The van der Waals surface area contributed by atoms with Gasteiger partial charge in [-0.15, -0.1) is 0 Å². The standard InChI is InChI=1S/C13H15ClFNO3S/c1-9(17)16-5-4-10(8-16)6-11-7-12(15)2-3-13(11)20(14,18)19/h2-3,7,10H,4-6,8H2,1H3/t10-/m0/s1. The predicted octanol–water partition coefficient (Wildman–Crippen LogP) is 2.16. The average molecular weight is 320 g/mol. The van der Waals surface area contributed by atoms with E-state index in [1.165, 1.54) is 19.1 Å². The Bertz CT molecular complexity index is 633. The second-order valence-electron chi connectivity index (χ2n) is 5.01. The van der Waals surface area contributed by atoms with Crippen molar-refractivity contribution < 1.29 is 17.6 Å². The monoisotopic (exact) mass is 319 g/mol. The van der Waals surface area contributed by atoms with Crippen LogP contribution in [0.15, 0.2) is 23.1 Å². The van der Waals surface area contributed by atoms with Crippen molar-refractivity contribution in [3.63, 3.8) is 0 Å². The number of carbonyl (C=O) groups is 1. The molecule has 0 aliphatic carbocycles. The van der Waals surface area contributed by atoms with Crippen LogP contribution in [0, 0.1) is 11.7 Å². The van der Waals surface area contributed by atoms with Gasteiger partial charge in [0.05, 0.1) is 4.90 Å². The van der Waals surface area contributed by atoms with Gasteiger partial charge in [-0.1, -0.05) is 0 Å². The van der Waals surface area contributed by atoms with Crippen LogP contribution < -0.4 is 0 Å². The zero-order valence-electron chi connectivity index (χ0n) is 11.0. The number of hydrogen-bond donors (Lipinski definition) is 0. The predicted molar refractivity (Wildman–Crippen MR) is 73.5 cm³/mol. The van der Waals surface area contributed by atoms with E-state index in [1.54, 1.807) is 4.90 Å². The maximum atomic E-state index is 13.3. The third-order valence-corrected chi connectivity index (χ3v) is 4.95. The molecular weight excluding hydrogens is 305 g/mol. The number of nitrogens with zero attached hydrogens (tertiary/aromatic N) is 1. The van der Waals surface area contributed by atoms with E-state index >= 15 is 0 Å². The highest BCUT2D eigenvalue weighted by molar-refractivity contribution is 8.13. The van der Waals surface area contributed by atoms with Crippen molar-refractivity contribution in [2.45, 2.75) is 24.7 Å². The number of carbonyl (C=O) groups excluding carboxylic acids is 1. The first kappa shape index (κ1) is 15.3. The maximum absolute atomic E-state index is 13.3. The number of benzene rings is 1. The number of hydrogen-bond acceptors (Lipinski definition) is 3. The summed E-state index contributed by atoms with van der Waals surface area (Å²) in [6, 6.07) is 3.46. The molecule has 1 aliphatic heterocycles. The lowest BCUT2D eigenvalue weighted by Gasteiger charge is -2.15. The van der Waals surface area contributed by atoms with E-state index in [9.17, 15) is 17.6 Å². The number of halogens is 2. The van der Waals surface area contributed by atoms with Gasteiger partial charge in [0.1, 0.15) is 5.82 Å². The van der Waals surface area contributed by atoms with Gasteiger partial charge in [-0.3, -0.25) is 4.79 Å². The molecule has 20 heavy (non-hydrogen) atoms. The van der Waals surface area contributed by atoms with E-state index in [-0.39, 0.29) is 16.7 Å². The van der Waals surface area contributed by atoms with Gasteiger partial charge < -0.3 is 4.90 Å².